The van der Waals surface area contributed by atoms with E-state index in [0.717, 1.165) is 23.3 Å². The molecule has 3 rings (SSSR count). The molecule has 0 aromatic heterocycles. The number of rotatable bonds is 4. The van der Waals surface area contributed by atoms with Crippen LogP contribution >= 0.6 is 0 Å². The summed E-state index contributed by atoms with van der Waals surface area (Å²) < 4.78 is 28.5. The summed E-state index contributed by atoms with van der Waals surface area (Å²) in [6.45, 7) is 4.55. The van der Waals surface area contributed by atoms with Gasteiger partial charge in [0, 0.05) is 30.7 Å². The number of carbonyl (C=O) groups excluding carboxylic acids is 1. The van der Waals surface area contributed by atoms with Gasteiger partial charge in [-0.3, -0.25) is 4.79 Å². The predicted octanol–water partition coefficient (Wildman–Crippen LogP) is 1.96. The molecule has 0 radical (unpaired) electrons. The zero-order valence-corrected chi connectivity index (χ0v) is 14.2. The maximum atomic E-state index is 12.0. The molecule has 1 aromatic carbocycles. The highest BCUT2D eigenvalue weighted by atomic mass is 32.2. The quantitative estimate of drug-likeness (QED) is 0.913. The van der Waals surface area contributed by atoms with E-state index in [9.17, 15) is 13.2 Å². The van der Waals surface area contributed by atoms with E-state index >= 15 is 0 Å². The number of fused-ring (bicyclic) bond motifs is 1. The Balaban J connectivity index is 1.53. The maximum Gasteiger partial charge on any atom is 0.220 e. The molecule has 2 aliphatic heterocycles. The third-order valence-corrected chi connectivity index (χ3v) is 5.53. The molecule has 0 bridgehead atoms. The fraction of sp³-hybridized carbons (Fsp3) is 0.471. The molecule has 5 nitrogen and oxygen atoms in total. The van der Waals surface area contributed by atoms with Crippen molar-refractivity contribution in [2.75, 3.05) is 5.75 Å². The van der Waals surface area contributed by atoms with Crippen LogP contribution in [0.15, 0.2) is 29.7 Å². The molecule has 124 valence electrons. The van der Waals surface area contributed by atoms with Gasteiger partial charge in [-0.05, 0) is 31.0 Å². The van der Waals surface area contributed by atoms with Gasteiger partial charge in [-0.2, -0.15) is 0 Å². The lowest BCUT2D eigenvalue weighted by Crippen LogP contribution is -2.25. The number of hydrogen-bond acceptors (Lipinski definition) is 4. The van der Waals surface area contributed by atoms with E-state index in [1.807, 2.05) is 12.1 Å². The van der Waals surface area contributed by atoms with E-state index in [2.05, 4.69) is 25.2 Å². The Morgan fingerprint density at radius 3 is 2.87 bits per heavy atom. The van der Waals surface area contributed by atoms with Crippen molar-refractivity contribution < 1.29 is 17.9 Å². The Morgan fingerprint density at radius 1 is 1.39 bits per heavy atom. The van der Waals surface area contributed by atoms with Gasteiger partial charge in [0.1, 0.15) is 11.4 Å². The van der Waals surface area contributed by atoms with Gasteiger partial charge in [-0.15, -0.1) is 0 Å². The zero-order chi connectivity index (χ0) is 16.7. The van der Waals surface area contributed by atoms with Crippen molar-refractivity contribution in [2.24, 2.45) is 5.92 Å². The van der Waals surface area contributed by atoms with E-state index in [1.165, 1.54) is 5.41 Å². The van der Waals surface area contributed by atoms with Gasteiger partial charge in [0.25, 0.3) is 0 Å². The molecule has 2 heterocycles. The number of amides is 1. The van der Waals surface area contributed by atoms with Gasteiger partial charge >= 0.3 is 0 Å². The SMILES string of the molecule is CC1(C)Cc2cc(CNC(=O)C[C@H]3C=CS(=O)(=O)C3)ccc2O1. The Labute approximate surface area is 136 Å². The number of nitrogens with one attached hydrogen (secondary N) is 1. The number of carbonyl (C=O) groups is 1. The highest BCUT2D eigenvalue weighted by molar-refractivity contribution is 7.94. The van der Waals surface area contributed by atoms with E-state index in [-0.39, 0.29) is 29.6 Å². The minimum absolute atomic E-state index is 0.0334. The second-order valence-electron chi connectivity index (χ2n) is 6.88. The first-order valence-electron chi connectivity index (χ1n) is 7.71. The molecule has 0 spiro atoms. The van der Waals surface area contributed by atoms with Crippen molar-refractivity contribution in [3.63, 3.8) is 0 Å². The van der Waals surface area contributed by atoms with Gasteiger partial charge < -0.3 is 10.1 Å². The summed E-state index contributed by atoms with van der Waals surface area (Å²) in [6, 6.07) is 5.95. The smallest absolute Gasteiger partial charge is 0.220 e. The van der Waals surface area contributed by atoms with Crippen LogP contribution in [-0.4, -0.2) is 25.7 Å². The minimum atomic E-state index is -3.10. The molecule has 1 amide bonds. The fourth-order valence-electron chi connectivity index (χ4n) is 3.05. The highest BCUT2D eigenvalue weighted by Gasteiger charge is 2.30. The standard InChI is InChI=1S/C17H21NO4S/c1-17(2)9-14-7-12(3-4-15(14)22-17)10-18-16(19)8-13-5-6-23(20,21)11-13/h3-7,13H,8-11H2,1-2H3,(H,18,19)/t13-/m1/s1. The number of hydrogen-bond donors (Lipinski definition) is 1. The second-order valence-corrected chi connectivity index (χ2v) is 8.81. The van der Waals surface area contributed by atoms with Crippen LogP contribution < -0.4 is 10.1 Å². The lowest BCUT2D eigenvalue weighted by atomic mass is 10.00. The Morgan fingerprint density at radius 2 is 2.17 bits per heavy atom. The molecule has 2 aliphatic rings. The topological polar surface area (TPSA) is 72.5 Å². The molecule has 23 heavy (non-hydrogen) atoms. The summed E-state index contributed by atoms with van der Waals surface area (Å²) >= 11 is 0. The third-order valence-electron chi connectivity index (χ3n) is 4.07. The largest absolute Gasteiger partial charge is 0.487 e. The van der Waals surface area contributed by atoms with Crippen molar-refractivity contribution in [3.05, 3.63) is 40.8 Å². The summed E-state index contributed by atoms with van der Waals surface area (Å²) in [5.74, 6) is 0.598. The Bertz CT molecular complexity index is 765. The molecule has 1 N–H and O–H groups in total. The molecule has 1 atom stereocenters. The normalized spacial score (nSPS) is 23.3. The van der Waals surface area contributed by atoms with Crippen LogP contribution in [0.5, 0.6) is 5.75 Å². The summed E-state index contributed by atoms with van der Waals surface area (Å²) in [5, 5.41) is 4.06. The van der Waals surface area contributed by atoms with Gasteiger partial charge in [-0.1, -0.05) is 18.2 Å². The van der Waals surface area contributed by atoms with Crippen LogP contribution in [0.2, 0.25) is 0 Å². The molecule has 0 aliphatic carbocycles. The molecule has 0 saturated heterocycles. The van der Waals surface area contributed by atoms with Crippen LogP contribution in [0, 0.1) is 5.92 Å². The molecular weight excluding hydrogens is 314 g/mol. The summed E-state index contributed by atoms with van der Waals surface area (Å²) in [7, 11) is -3.10. The van der Waals surface area contributed by atoms with Gasteiger partial charge in [-0.25, -0.2) is 8.42 Å². The molecule has 1 aromatic rings. The molecule has 6 heteroatoms. The lowest BCUT2D eigenvalue weighted by molar-refractivity contribution is -0.121. The zero-order valence-electron chi connectivity index (χ0n) is 13.3. The average Bonchev–Trinajstić information content (AvgIpc) is 2.93. The van der Waals surface area contributed by atoms with Crippen molar-refractivity contribution in [1.29, 1.82) is 0 Å². The molecule has 0 unspecified atom stereocenters. The average molecular weight is 335 g/mol. The Hall–Kier alpha value is -1.82. The molecule has 0 fully saturated rings. The minimum Gasteiger partial charge on any atom is -0.487 e. The van der Waals surface area contributed by atoms with Crippen molar-refractivity contribution in [3.8, 4) is 5.75 Å². The first-order valence-corrected chi connectivity index (χ1v) is 9.42. The van der Waals surface area contributed by atoms with E-state index in [0.29, 0.717) is 6.54 Å². The summed E-state index contributed by atoms with van der Waals surface area (Å²) in [5.41, 5.74) is 2.00. The number of sulfone groups is 1. The van der Waals surface area contributed by atoms with Crippen molar-refractivity contribution >= 4 is 15.7 Å². The second kappa shape index (κ2) is 5.67. The number of benzene rings is 1. The summed E-state index contributed by atoms with van der Waals surface area (Å²) in [6.07, 6.45) is 2.66. The first kappa shape index (κ1) is 16.1. The van der Waals surface area contributed by atoms with E-state index in [1.54, 1.807) is 6.08 Å². The lowest BCUT2D eigenvalue weighted by Gasteiger charge is -2.16. The van der Waals surface area contributed by atoms with Crippen molar-refractivity contribution in [2.45, 2.75) is 38.8 Å². The van der Waals surface area contributed by atoms with Crippen LogP contribution in [0.1, 0.15) is 31.4 Å². The predicted molar refractivity (Wildman–Crippen MR) is 87.7 cm³/mol. The van der Waals surface area contributed by atoms with Gasteiger partial charge in [0.15, 0.2) is 9.84 Å². The Kier molecular flexibility index (Phi) is 3.96. The highest BCUT2D eigenvalue weighted by Crippen LogP contribution is 2.35. The number of ether oxygens (including phenoxy) is 1. The van der Waals surface area contributed by atoms with E-state index < -0.39 is 9.84 Å². The molecular formula is C17H21NO4S. The monoisotopic (exact) mass is 335 g/mol. The van der Waals surface area contributed by atoms with Crippen LogP contribution in [-0.2, 0) is 27.6 Å². The van der Waals surface area contributed by atoms with Crippen LogP contribution in [0.4, 0.5) is 0 Å². The van der Waals surface area contributed by atoms with Gasteiger partial charge in [0.05, 0.1) is 5.75 Å². The third kappa shape index (κ3) is 3.93. The first-order chi connectivity index (χ1) is 10.7. The fourth-order valence-corrected chi connectivity index (χ4v) is 4.45. The van der Waals surface area contributed by atoms with Gasteiger partial charge in [0.2, 0.25) is 5.91 Å². The maximum absolute atomic E-state index is 12.0. The van der Waals surface area contributed by atoms with Crippen molar-refractivity contribution in [1.82, 2.24) is 5.32 Å². The number of allylic oxidation sites excluding steroid dienone is 1. The van der Waals surface area contributed by atoms with E-state index in [4.69, 9.17) is 4.74 Å². The summed E-state index contributed by atoms with van der Waals surface area (Å²) in [4.78, 5) is 12.0. The van der Waals surface area contributed by atoms with Crippen LogP contribution in [0.3, 0.4) is 0 Å². The van der Waals surface area contributed by atoms with Crippen LogP contribution in [0.25, 0.3) is 0 Å². The molecule has 0 saturated carbocycles.